The Morgan fingerprint density at radius 1 is 0.188 bits per heavy atom. The lowest BCUT2D eigenvalue weighted by atomic mass is 9.59. The Morgan fingerprint density at radius 3 is 0.521 bits per heavy atom. The summed E-state index contributed by atoms with van der Waals surface area (Å²) in [5.41, 5.74) is 34.2. The fraction of sp³-hybridized carbons (Fsp3) is 0.500. The van der Waals surface area contributed by atoms with Crippen LogP contribution < -0.4 is 0 Å². The third-order valence-corrected chi connectivity index (χ3v) is 14.4. The zero-order valence-corrected chi connectivity index (χ0v) is 35.0. The maximum absolute atomic E-state index is 2.57. The molecular formula is C48H66. The van der Waals surface area contributed by atoms with Gasteiger partial charge in [-0.2, -0.15) is 0 Å². The summed E-state index contributed by atoms with van der Waals surface area (Å²) in [4.78, 5) is 0. The van der Waals surface area contributed by atoms with Gasteiger partial charge in [-0.05, 0) is 272 Å². The zero-order chi connectivity index (χ0) is 36.9. The van der Waals surface area contributed by atoms with Crippen LogP contribution in [0.25, 0.3) is 0 Å². The number of benzene rings is 4. The highest BCUT2D eigenvalue weighted by Crippen LogP contribution is 2.52. The van der Waals surface area contributed by atoms with E-state index in [-0.39, 0.29) is 10.8 Å². The van der Waals surface area contributed by atoms with Crippen LogP contribution in [0.5, 0.6) is 0 Å². The van der Waals surface area contributed by atoms with Gasteiger partial charge in [0.15, 0.2) is 0 Å². The molecule has 4 rings (SSSR count). The average Bonchev–Trinajstić information content (AvgIpc) is 3.01. The highest BCUT2D eigenvalue weighted by molar-refractivity contribution is 5.70. The van der Waals surface area contributed by atoms with Gasteiger partial charge in [0.2, 0.25) is 0 Å². The van der Waals surface area contributed by atoms with Crippen molar-refractivity contribution in [1.82, 2.24) is 0 Å². The first-order valence-corrected chi connectivity index (χ1v) is 18.2. The van der Waals surface area contributed by atoms with Crippen LogP contribution in [0.1, 0.15) is 154 Å². The van der Waals surface area contributed by atoms with Crippen LogP contribution in [0.15, 0.2) is 0 Å². The Kier molecular flexibility index (Phi) is 9.69. The minimum absolute atomic E-state index is 0.151. The van der Waals surface area contributed by atoms with E-state index in [9.17, 15) is 0 Å². The van der Waals surface area contributed by atoms with E-state index >= 15 is 0 Å². The Morgan fingerprint density at radius 2 is 0.312 bits per heavy atom. The maximum atomic E-state index is 2.57. The van der Waals surface area contributed by atoms with E-state index in [4.69, 9.17) is 0 Å². The molecule has 0 saturated heterocycles. The first-order valence-electron chi connectivity index (χ1n) is 18.2. The van der Waals surface area contributed by atoms with E-state index in [1.807, 2.05) is 0 Å². The highest BCUT2D eigenvalue weighted by atomic mass is 14.5. The Bertz CT molecular complexity index is 1830. The summed E-state index contributed by atoms with van der Waals surface area (Å²) < 4.78 is 0. The highest BCUT2D eigenvalue weighted by Gasteiger charge is 2.43. The normalized spacial score (nSPS) is 12.4. The maximum Gasteiger partial charge on any atom is 0.0439 e. The third-order valence-electron chi connectivity index (χ3n) is 14.4. The van der Waals surface area contributed by atoms with Crippen molar-refractivity contribution in [1.29, 1.82) is 0 Å². The molecule has 0 aliphatic heterocycles. The van der Waals surface area contributed by atoms with E-state index < -0.39 is 0 Å². The predicted molar refractivity (Wildman–Crippen MR) is 213 cm³/mol. The summed E-state index contributed by atoms with van der Waals surface area (Å²) in [6.07, 6.45) is 0. The fourth-order valence-electron chi connectivity index (χ4n) is 10.4. The van der Waals surface area contributed by atoms with Gasteiger partial charge in [-0.3, -0.25) is 0 Å². The third kappa shape index (κ3) is 4.98. The molecule has 48 heavy (non-hydrogen) atoms. The summed E-state index contributed by atoms with van der Waals surface area (Å²) in [6, 6.07) is 0. The summed E-state index contributed by atoms with van der Waals surface area (Å²) in [6.45, 7) is 52.3. The average molecular weight is 643 g/mol. The quantitative estimate of drug-likeness (QED) is 0.190. The van der Waals surface area contributed by atoms with E-state index in [1.165, 1.54) is 134 Å². The van der Waals surface area contributed by atoms with E-state index in [2.05, 4.69) is 152 Å². The van der Waals surface area contributed by atoms with Crippen LogP contribution in [0.3, 0.4) is 0 Å². The van der Waals surface area contributed by atoms with E-state index in [1.54, 1.807) is 0 Å². The van der Waals surface area contributed by atoms with Crippen molar-refractivity contribution in [3.63, 3.8) is 0 Å². The van der Waals surface area contributed by atoms with Crippen LogP contribution in [0.2, 0.25) is 0 Å². The van der Waals surface area contributed by atoms with Crippen molar-refractivity contribution in [3.05, 3.63) is 134 Å². The van der Waals surface area contributed by atoms with Gasteiger partial charge in [0.1, 0.15) is 0 Å². The SMILES string of the molecule is Cc1c(C)c(C)c(C(C)(C)c2c(C)c(C)c(C(C)(c3c(C)c(C)c(C)c(C)c3C)c3c(C)c(C)c(C)c(C)c3C)c(C)c2C)c(C)c1C. The van der Waals surface area contributed by atoms with Crippen molar-refractivity contribution >= 4 is 0 Å². The molecule has 0 bridgehead atoms. The predicted octanol–water partition coefficient (Wildman–Crippen LogP) is 13.2. The molecule has 4 aromatic rings. The fourth-order valence-corrected chi connectivity index (χ4v) is 10.4. The second kappa shape index (κ2) is 12.3. The van der Waals surface area contributed by atoms with Gasteiger partial charge >= 0.3 is 0 Å². The molecule has 0 unspecified atom stereocenters. The first kappa shape index (κ1) is 37.7. The molecule has 0 aliphatic carbocycles. The summed E-state index contributed by atoms with van der Waals surface area (Å²) in [5.74, 6) is 0. The first-order chi connectivity index (χ1) is 21.9. The second-order valence-corrected chi connectivity index (χ2v) is 16.5. The molecule has 0 spiro atoms. The van der Waals surface area contributed by atoms with Crippen LogP contribution in [0.4, 0.5) is 0 Å². The van der Waals surface area contributed by atoms with Gasteiger partial charge in [-0.15, -0.1) is 0 Å². The molecule has 0 heterocycles. The molecule has 0 nitrogen and oxygen atoms in total. The van der Waals surface area contributed by atoms with Crippen molar-refractivity contribution in [3.8, 4) is 0 Å². The molecule has 0 atom stereocenters. The topological polar surface area (TPSA) is 0 Å². The molecule has 0 saturated carbocycles. The van der Waals surface area contributed by atoms with Crippen molar-refractivity contribution in [2.75, 3.05) is 0 Å². The molecular weight excluding hydrogens is 577 g/mol. The molecule has 0 radical (unpaired) electrons. The largest absolute Gasteiger partial charge is 0.0516 e. The summed E-state index contributed by atoms with van der Waals surface area (Å²) in [5, 5.41) is 0. The molecule has 4 aromatic carbocycles. The molecule has 258 valence electrons. The molecule has 0 amide bonds. The summed E-state index contributed by atoms with van der Waals surface area (Å²) >= 11 is 0. The van der Waals surface area contributed by atoms with Gasteiger partial charge in [0.25, 0.3) is 0 Å². The van der Waals surface area contributed by atoms with Gasteiger partial charge in [-0.25, -0.2) is 0 Å². The van der Waals surface area contributed by atoms with Crippen LogP contribution in [0, 0.1) is 132 Å². The number of rotatable bonds is 5. The van der Waals surface area contributed by atoms with Crippen molar-refractivity contribution in [2.45, 2.75) is 163 Å². The smallest absolute Gasteiger partial charge is 0.0439 e. The van der Waals surface area contributed by atoms with Gasteiger partial charge in [-0.1, -0.05) is 13.8 Å². The van der Waals surface area contributed by atoms with Crippen LogP contribution >= 0.6 is 0 Å². The standard InChI is InChI=1S/C48H66/c1-23-26(4)32(10)42(33(11)27(23)5)47(20,21)43-38(16)40(18)46(41(19)39(43)17)48(22,44-34(12)28(6)24(2)29(7)35(44)13)45-36(14)30(8)25(3)31(9)37(45)15/h1-22H3. The lowest BCUT2D eigenvalue weighted by Crippen LogP contribution is -2.35. The van der Waals surface area contributed by atoms with Gasteiger partial charge in [0, 0.05) is 10.8 Å². The lowest BCUT2D eigenvalue weighted by molar-refractivity contribution is 0.609. The Hall–Kier alpha value is -3.12. The Labute approximate surface area is 295 Å². The molecule has 0 N–H and O–H groups in total. The molecule has 0 fully saturated rings. The lowest BCUT2D eigenvalue weighted by Gasteiger charge is -2.43. The van der Waals surface area contributed by atoms with Crippen molar-refractivity contribution < 1.29 is 0 Å². The monoisotopic (exact) mass is 643 g/mol. The molecule has 0 aliphatic rings. The van der Waals surface area contributed by atoms with Crippen molar-refractivity contribution in [2.24, 2.45) is 0 Å². The van der Waals surface area contributed by atoms with E-state index in [0.29, 0.717) is 0 Å². The zero-order valence-electron chi connectivity index (χ0n) is 35.0. The Balaban J connectivity index is 2.30. The van der Waals surface area contributed by atoms with Crippen LogP contribution in [-0.2, 0) is 10.8 Å². The molecule has 0 heteroatoms. The summed E-state index contributed by atoms with van der Waals surface area (Å²) in [7, 11) is 0. The second-order valence-electron chi connectivity index (χ2n) is 16.5. The van der Waals surface area contributed by atoms with Gasteiger partial charge < -0.3 is 0 Å². The van der Waals surface area contributed by atoms with Gasteiger partial charge in [0.05, 0.1) is 0 Å². The minimum Gasteiger partial charge on any atom is -0.0516 e. The minimum atomic E-state index is -0.343. The molecule has 0 aromatic heterocycles. The van der Waals surface area contributed by atoms with E-state index in [0.717, 1.165) is 0 Å². The van der Waals surface area contributed by atoms with Crippen LogP contribution in [-0.4, -0.2) is 0 Å². The number of hydrogen-bond acceptors (Lipinski definition) is 0. The number of hydrogen-bond donors (Lipinski definition) is 0.